The number of rotatable bonds is 7. The van der Waals surface area contributed by atoms with E-state index in [0.29, 0.717) is 5.00 Å². The fraction of sp³-hybridized carbons (Fsp3) is 0.235. The molecule has 26 heavy (non-hydrogen) atoms. The van der Waals surface area contributed by atoms with E-state index in [9.17, 15) is 14.4 Å². The van der Waals surface area contributed by atoms with Crippen molar-refractivity contribution in [2.24, 2.45) is 5.73 Å². The highest BCUT2D eigenvalue weighted by Crippen LogP contribution is 2.28. The Morgan fingerprint density at radius 2 is 2.00 bits per heavy atom. The van der Waals surface area contributed by atoms with Gasteiger partial charge in [-0.2, -0.15) is 0 Å². The number of anilines is 1. The smallest absolute Gasteiger partial charge is 0.316 e. The lowest BCUT2D eigenvalue weighted by atomic mass is 10.2. The summed E-state index contributed by atoms with van der Waals surface area (Å²) in [7, 11) is 0. The summed E-state index contributed by atoms with van der Waals surface area (Å²) in [5.74, 6) is -1.55. The van der Waals surface area contributed by atoms with E-state index >= 15 is 0 Å². The Morgan fingerprint density at radius 1 is 1.27 bits per heavy atom. The molecule has 0 unspecified atom stereocenters. The SMILES string of the molecule is Cc1cc(SCC(=O)OCC(=O)Nc2sccc2C(N)=O)c(C)cc1Br. The lowest BCUT2D eigenvalue weighted by molar-refractivity contribution is -0.144. The molecule has 1 heterocycles. The predicted octanol–water partition coefficient (Wildman–Crippen LogP) is 3.50. The number of thiophene rings is 1. The highest BCUT2D eigenvalue weighted by atomic mass is 79.9. The van der Waals surface area contributed by atoms with Crippen LogP contribution in [0.5, 0.6) is 0 Å². The van der Waals surface area contributed by atoms with E-state index in [1.54, 1.807) is 5.38 Å². The van der Waals surface area contributed by atoms with Crippen LogP contribution in [0.2, 0.25) is 0 Å². The first-order valence-electron chi connectivity index (χ1n) is 7.50. The van der Waals surface area contributed by atoms with Gasteiger partial charge >= 0.3 is 5.97 Å². The van der Waals surface area contributed by atoms with Crippen LogP contribution in [0.25, 0.3) is 0 Å². The maximum absolute atomic E-state index is 11.9. The van der Waals surface area contributed by atoms with Gasteiger partial charge in [0.2, 0.25) is 0 Å². The second kappa shape index (κ2) is 9.20. The number of amides is 2. The van der Waals surface area contributed by atoms with Crippen LogP contribution in [0.1, 0.15) is 21.5 Å². The molecule has 6 nitrogen and oxygen atoms in total. The maximum atomic E-state index is 11.9. The van der Waals surface area contributed by atoms with Crippen LogP contribution < -0.4 is 11.1 Å². The summed E-state index contributed by atoms with van der Waals surface area (Å²) in [5.41, 5.74) is 7.56. The van der Waals surface area contributed by atoms with E-state index in [2.05, 4.69) is 21.2 Å². The quantitative estimate of drug-likeness (QED) is 0.490. The van der Waals surface area contributed by atoms with Crippen LogP contribution in [-0.2, 0) is 14.3 Å². The van der Waals surface area contributed by atoms with Crippen LogP contribution in [0, 0.1) is 13.8 Å². The third-order valence-corrected chi connectivity index (χ3v) is 6.16. The van der Waals surface area contributed by atoms with E-state index < -0.39 is 24.4 Å². The van der Waals surface area contributed by atoms with Crippen molar-refractivity contribution in [2.45, 2.75) is 18.7 Å². The van der Waals surface area contributed by atoms with Crippen molar-refractivity contribution in [3.8, 4) is 0 Å². The van der Waals surface area contributed by atoms with Crippen molar-refractivity contribution in [1.82, 2.24) is 0 Å². The number of benzene rings is 1. The van der Waals surface area contributed by atoms with Crippen LogP contribution in [-0.4, -0.2) is 30.1 Å². The molecule has 0 saturated heterocycles. The normalized spacial score (nSPS) is 10.4. The van der Waals surface area contributed by atoms with Crippen molar-refractivity contribution in [3.05, 3.63) is 44.7 Å². The summed E-state index contributed by atoms with van der Waals surface area (Å²) < 4.78 is 5.99. The monoisotopic (exact) mass is 456 g/mol. The second-order valence-corrected chi connectivity index (χ2v) is 8.18. The topological polar surface area (TPSA) is 98.5 Å². The highest BCUT2D eigenvalue weighted by molar-refractivity contribution is 9.10. The number of ether oxygens (including phenoxy) is 1. The van der Waals surface area contributed by atoms with E-state index in [1.165, 1.54) is 29.2 Å². The lowest BCUT2D eigenvalue weighted by Gasteiger charge is -2.09. The van der Waals surface area contributed by atoms with Gasteiger partial charge in [0.15, 0.2) is 6.61 Å². The third-order valence-electron chi connectivity index (χ3n) is 3.35. The minimum atomic E-state index is -0.630. The Hall–Kier alpha value is -1.84. The number of esters is 1. The van der Waals surface area contributed by atoms with Gasteiger partial charge < -0.3 is 15.8 Å². The number of carbonyl (C=O) groups excluding carboxylic acids is 3. The summed E-state index contributed by atoms with van der Waals surface area (Å²) in [5, 5.41) is 4.49. The number of nitrogens with one attached hydrogen (secondary N) is 1. The molecule has 0 radical (unpaired) electrons. The van der Waals surface area contributed by atoms with Crippen molar-refractivity contribution >= 4 is 61.8 Å². The molecule has 0 atom stereocenters. The van der Waals surface area contributed by atoms with E-state index in [1.807, 2.05) is 26.0 Å². The summed E-state index contributed by atoms with van der Waals surface area (Å²) in [6.07, 6.45) is 0. The molecule has 138 valence electrons. The van der Waals surface area contributed by atoms with Gasteiger partial charge in [-0.3, -0.25) is 14.4 Å². The maximum Gasteiger partial charge on any atom is 0.316 e. The highest BCUT2D eigenvalue weighted by Gasteiger charge is 2.14. The van der Waals surface area contributed by atoms with Crippen molar-refractivity contribution in [2.75, 3.05) is 17.7 Å². The summed E-state index contributed by atoms with van der Waals surface area (Å²) in [6.45, 7) is 3.51. The molecule has 1 aromatic heterocycles. The van der Waals surface area contributed by atoms with E-state index in [0.717, 1.165) is 20.5 Å². The summed E-state index contributed by atoms with van der Waals surface area (Å²) in [6, 6.07) is 5.51. The molecular formula is C17H17BrN2O4S2. The van der Waals surface area contributed by atoms with Crippen molar-refractivity contribution in [3.63, 3.8) is 0 Å². The van der Waals surface area contributed by atoms with Crippen LogP contribution in [0.15, 0.2) is 32.9 Å². The van der Waals surface area contributed by atoms with Crippen LogP contribution in [0.3, 0.4) is 0 Å². The van der Waals surface area contributed by atoms with Crippen LogP contribution >= 0.6 is 39.0 Å². The number of hydrogen-bond donors (Lipinski definition) is 2. The molecular weight excluding hydrogens is 440 g/mol. The van der Waals surface area contributed by atoms with Crippen LogP contribution in [0.4, 0.5) is 5.00 Å². The van der Waals surface area contributed by atoms with Gasteiger partial charge in [0, 0.05) is 9.37 Å². The Balaban J connectivity index is 1.81. The zero-order valence-electron chi connectivity index (χ0n) is 14.1. The van der Waals surface area contributed by atoms with Gasteiger partial charge in [-0.15, -0.1) is 23.1 Å². The minimum Gasteiger partial charge on any atom is -0.455 e. The first kappa shape index (κ1) is 20.5. The Morgan fingerprint density at radius 3 is 2.69 bits per heavy atom. The minimum absolute atomic E-state index is 0.0979. The van der Waals surface area contributed by atoms with E-state index in [4.69, 9.17) is 10.5 Å². The molecule has 2 amide bonds. The van der Waals surface area contributed by atoms with Gasteiger partial charge in [-0.05, 0) is 48.6 Å². The Kier molecular flexibility index (Phi) is 7.24. The Bertz CT molecular complexity index is 851. The van der Waals surface area contributed by atoms with Crippen molar-refractivity contribution < 1.29 is 19.1 Å². The molecule has 0 bridgehead atoms. The van der Waals surface area contributed by atoms with Gasteiger partial charge in [0.05, 0.1) is 11.3 Å². The third kappa shape index (κ3) is 5.58. The fourth-order valence-corrected chi connectivity index (χ4v) is 4.17. The first-order valence-corrected chi connectivity index (χ1v) is 10.2. The fourth-order valence-electron chi connectivity index (χ4n) is 2.00. The molecule has 3 N–H and O–H groups in total. The molecule has 2 aromatic rings. The average molecular weight is 457 g/mol. The molecule has 0 saturated carbocycles. The molecule has 9 heteroatoms. The second-order valence-electron chi connectivity index (χ2n) is 5.39. The number of hydrogen-bond acceptors (Lipinski definition) is 6. The zero-order chi connectivity index (χ0) is 19.3. The first-order chi connectivity index (χ1) is 12.3. The van der Waals surface area contributed by atoms with Gasteiger partial charge in [0.1, 0.15) is 5.00 Å². The molecule has 2 rings (SSSR count). The van der Waals surface area contributed by atoms with Gasteiger partial charge in [0.25, 0.3) is 11.8 Å². The summed E-state index contributed by atoms with van der Waals surface area (Å²) >= 11 is 5.99. The average Bonchev–Trinajstić information content (AvgIpc) is 3.03. The van der Waals surface area contributed by atoms with Gasteiger partial charge in [-0.25, -0.2) is 0 Å². The molecule has 0 aliphatic rings. The number of primary amides is 1. The molecule has 0 aliphatic heterocycles. The number of aryl methyl sites for hydroxylation is 2. The Labute approximate surface area is 167 Å². The lowest BCUT2D eigenvalue weighted by Crippen LogP contribution is -2.22. The van der Waals surface area contributed by atoms with Crippen molar-refractivity contribution in [1.29, 1.82) is 0 Å². The zero-order valence-corrected chi connectivity index (χ0v) is 17.3. The standard InChI is InChI=1S/C17H17BrN2O4S2/c1-9-6-13(10(2)5-12(9)18)26-8-15(22)24-7-14(21)20-17-11(16(19)23)3-4-25-17/h3-6H,7-8H2,1-2H3,(H2,19,23)(H,20,21). The number of carbonyl (C=O) groups is 3. The molecule has 0 spiro atoms. The number of nitrogens with two attached hydrogens (primary N) is 1. The molecule has 0 aliphatic carbocycles. The predicted molar refractivity (Wildman–Crippen MR) is 107 cm³/mol. The number of thioether (sulfide) groups is 1. The van der Waals surface area contributed by atoms with E-state index in [-0.39, 0.29) is 11.3 Å². The molecule has 0 fully saturated rings. The number of halogens is 1. The summed E-state index contributed by atoms with van der Waals surface area (Å²) in [4.78, 5) is 35.9. The largest absolute Gasteiger partial charge is 0.455 e. The van der Waals surface area contributed by atoms with Gasteiger partial charge in [-0.1, -0.05) is 15.9 Å². The molecule has 1 aromatic carbocycles.